The molecule has 0 unspecified atom stereocenters. The van der Waals surface area contributed by atoms with E-state index >= 15 is 0 Å². The van der Waals surface area contributed by atoms with Gasteiger partial charge in [-0.2, -0.15) is 0 Å². The molecule has 0 aliphatic carbocycles. The van der Waals surface area contributed by atoms with Gasteiger partial charge in [0.25, 0.3) is 0 Å². The molecule has 0 spiro atoms. The van der Waals surface area contributed by atoms with Crippen LogP contribution in [0.3, 0.4) is 0 Å². The third kappa shape index (κ3) is 4.59. The van der Waals surface area contributed by atoms with Crippen molar-refractivity contribution >= 4 is 16.9 Å². The Kier molecular flexibility index (Phi) is 6.54. The van der Waals surface area contributed by atoms with E-state index in [0.717, 1.165) is 5.56 Å². The Bertz CT molecular complexity index is 1400. The average molecular weight is 460 g/mol. The van der Waals surface area contributed by atoms with Crippen LogP contribution in [0.2, 0.25) is 0 Å². The van der Waals surface area contributed by atoms with Gasteiger partial charge in [-0.1, -0.05) is 18.2 Å². The summed E-state index contributed by atoms with van der Waals surface area (Å²) < 4.78 is 26.9. The largest absolute Gasteiger partial charge is 0.497 e. The molecule has 34 heavy (non-hydrogen) atoms. The van der Waals surface area contributed by atoms with Crippen molar-refractivity contribution in [1.82, 2.24) is 0 Å². The van der Waals surface area contributed by atoms with Gasteiger partial charge >= 0.3 is 11.6 Å². The van der Waals surface area contributed by atoms with Crippen LogP contribution >= 0.6 is 0 Å². The predicted molar refractivity (Wildman–Crippen MR) is 128 cm³/mol. The van der Waals surface area contributed by atoms with E-state index in [1.165, 1.54) is 7.11 Å². The van der Waals surface area contributed by atoms with Crippen molar-refractivity contribution in [3.05, 3.63) is 82.2 Å². The zero-order valence-electron chi connectivity index (χ0n) is 19.3. The molecule has 0 atom stereocenters. The molecule has 3 aromatic carbocycles. The van der Waals surface area contributed by atoms with Crippen LogP contribution in [0.4, 0.5) is 0 Å². The third-order valence-electron chi connectivity index (χ3n) is 5.55. The van der Waals surface area contributed by atoms with Crippen LogP contribution in [-0.2, 0) is 11.2 Å². The van der Waals surface area contributed by atoms with E-state index in [0.29, 0.717) is 50.7 Å². The normalized spacial score (nSPS) is 10.7. The first kappa shape index (κ1) is 22.9. The summed E-state index contributed by atoms with van der Waals surface area (Å²) in [7, 11) is 4.66. The molecule has 1 aromatic heterocycles. The fraction of sp³-hybridized carbons (Fsp3) is 0.185. The second-order valence-electron chi connectivity index (χ2n) is 7.62. The zero-order valence-corrected chi connectivity index (χ0v) is 19.3. The SMILES string of the molecule is COc1ccc(CC(=O)Oc2ccc3oc(=O)c(-c4ccc(OC)c(OC)c4)c(C)c3c2)cc1. The molecule has 7 nitrogen and oxygen atoms in total. The topological polar surface area (TPSA) is 84.2 Å². The van der Waals surface area contributed by atoms with Crippen molar-refractivity contribution in [2.24, 2.45) is 0 Å². The van der Waals surface area contributed by atoms with Gasteiger partial charge in [0.15, 0.2) is 11.5 Å². The molecule has 0 aliphatic rings. The Morgan fingerprint density at radius 1 is 0.824 bits per heavy atom. The van der Waals surface area contributed by atoms with Crippen LogP contribution in [0.1, 0.15) is 11.1 Å². The molecule has 4 rings (SSSR count). The number of hydrogen-bond acceptors (Lipinski definition) is 7. The average Bonchev–Trinajstić information content (AvgIpc) is 2.84. The van der Waals surface area contributed by atoms with Crippen molar-refractivity contribution in [1.29, 1.82) is 0 Å². The Morgan fingerprint density at radius 2 is 1.53 bits per heavy atom. The first-order valence-corrected chi connectivity index (χ1v) is 10.6. The van der Waals surface area contributed by atoms with Gasteiger partial charge < -0.3 is 23.4 Å². The van der Waals surface area contributed by atoms with Crippen LogP contribution in [0, 0.1) is 6.92 Å². The molecule has 0 saturated heterocycles. The lowest BCUT2D eigenvalue weighted by molar-refractivity contribution is -0.133. The zero-order chi connectivity index (χ0) is 24.2. The summed E-state index contributed by atoms with van der Waals surface area (Å²) in [6, 6.07) is 17.4. The van der Waals surface area contributed by atoms with Crippen LogP contribution < -0.4 is 24.6 Å². The third-order valence-corrected chi connectivity index (χ3v) is 5.55. The maximum atomic E-state index is 12.8. The van der Waals surface area contributed by atoms with Crippen LogP contribution in [0.5, 0.6) is 23.0 Å². The minimum atomic E-state index is -0.471. The second kappa shape index (κ2) is 9.70. The number of aryl methyl sites for hydroxylation is 1. The summed E-state index contributed by atoms with van der Waals surface area (Å²) in [5.74, 6) is 1.73. The maximum absolute atomic E-state index is 12.8. The Morgan fingerprint density at radius 3 is 2.21 bits per heavy atom. The molecule has 1 heterocycles. The summed E-state index contributed by atoms with van der Waals surface area (Å²) in [5, 5.41) is 0.666. The van der Waals surface area contributed by atoms with Gasteiger partial charge in [-0.3, -0.25) is 4.79 Å². The minimum absolute atomic E-state index is 0.113. The second-order valence-corrected chi connectivity index (χ2v) is 7.62. The van der Waals surface area contributed by atoms with Gasteiger partial charge in [0.05, 0.1) is 33.3 Å². The lowest BCUT2D eigenvalue weighted by atomic mass is 9.99. The van der Waals surface area contributed by atoms with E-state index in [-0.39, 0.29) is 6.42 Å². The molecule has 4 aromatic rings. The maximum Gasteiger partial charge on any atom is 0.344 e. The van der Waals surface area contributed by atoms with Crippen molar-refractivity contribution in [2.75, 3.05) is 21.3 Å². The number of esters is 1. The Hall–Kier alpha value is -4.26. The Balaban J connectivity index is 1.65. The molecule has 0 bridgehead atoms. The molecular formula is C27H24O7. The lowest BCUT2D eigenvalue weighted by Crippen LogP contribution is -2.11. The van der Waals surface area contributed by atoms with E-state index in [1.54, 1.807) is 62.8 Å². The molecule has 7 heteroatoms. The fourth-order valence-electron chi connectivity index (χ4n) is 3.80. The number of carbonyl (C=O) groups is 1. The van der Waals surface area contributed by atoms with Crippen molar-refractivity contribution in [2.45, 2.75) is 13.3 Å². The molecule has 0 N–H and O–H groups in total. The van der Waals surface area contributed by atoms with Crippen LogP contribution in [-0.4, -0.2) is 27.3 Å². The molecule has 0 aliphatic heterocycles. The number of methoxy groups -OCH3 is 3. The quantitative estimate of drug-likeness (QED) is 0.219. The highest BCUT2D eigenvalue weighted by Crippen LogP contribution is 2.34. The molecule has 174 valence electrons. The van der Waals surface area contributed by atoms with Gasteiger partial charge in [0.1, 0.15) is 17.1 Å². The first-order valence-electron chi connectivity index (χ1n) is 10.6. The summed E-state index contributed by atoms with van der Waals surface area (Å²) in [6.45, 7) is 1.83. The molecular weight excluding hydrogens is 436 g/mol. The number of rotatable bonds is 7. The van der Waals surface area contributed by atoms with Gasteiger partial charge in [0.2, 0.25) is 0 Å². The van der Waals surface area contributed by atoms with E-state index in [2.05, 4.69) is 0 Å². The van der Waals surface area contributed by atoms with E-state index < -0.39 is 11.6 Å². The van der Waals surface area contributed by atoms with Crippen molar-refractivity contribution in [3.8, 4) is 34.1 Å². The van der Waals surface area contributed by atoms with Gasteiger partial charge in [-0.25, -0.2) is 4.79 Å². The van der Waals surface area contributed by atoms with Gasteiger partial charge in [0, 0.05) is 5.39 Å². The molecule has 0 fully saturated rings. The van der Waals surface area contributed by atoms with Crippen molar-refractivity contribution < 1.29 is 28.2 Å². The van der Waals surface area contributed by atoms with Gasteiger partial charge in [-0.15, -0.1) is 0 Å². The minimum Gasteiger partial charge on any atom is -0.497 e. The molecule has 0 saturated carbocycles. The number of benzene rings is 3. The highest BCUT2D eigenvalue weighted by molar-refractivity contribution is 5.88. The predicted octanol–water partition coefficient (Wildman–Crippen LogP) is 4.94. The number of ether oxygens (including phenoxy) is 4. The highest BCUT2D eigenvalue weighted by atomic mass is 16.5. The molecule has 0 amide bonds. The van der Waals surface area contributed by atoms with Crippen LogP contribution in [0.15, 0.2) is 69.9 Å². The van der Waals surface area contributed by atoms with Crippen LogP contribution in [0.25, 0.3) is 22.1 Å². The number of hydrogen-bond donors (Lipinski definition) is 0. The van der Waals surface area contributed by atoms with Gasteiger partial charge in [-0.05, 0) is 66.1 Å². The summed E-state index contributed by atoms with van der Waals surface area (Å²) in [6.07, 6.45) is 0.113. The standard InChI is InChI=1S/C27H24O7/c1-16-21-15-20(33-25(28)13-17-5-8-19(30-2)9-6-17)10-12-22(21)34-27(29)26(16)18-7-11-23(31-3)24(14-18)32-4/h5-12,14-15H,13H2,1-4H3. The smallest absolute Gasteiger partial charge is 0.344 e. The number of carbonyl (C=O) groups excluding carboxylic acids is 1. The fourth-order valence-corrected chi connectivity index (χ4v) is 3.80. The lowest BCUT2D eigenvalue weighted by Gasteiger charge is -2.12. The van der Waals surface area contributed by atoms with E-state index in [4.69, 9.17) is 23.4 Å². The summed E-state index contributed by atoms with van der Waals surface area (Å²) in [5.41, 5.74) is 2.47. The molecule has 0 radical (unpaired) electrons. The first-order chi connectivity index (χ1) is 16.4. The highest BCUT2D eigenvalue weighted by Gasteiger charge is 2.17. The summed E-state index contributed by atoms with van der Waals surface area (Å²) in [4.78, 5) is 25.3. The van der Waals surface area contributed by atoms with E-state index in [1.807, 2.05) is 19.1 Å². The van der Waals surface area contributed by atoms with E-state index in [9.17, 15) is 9.59 Å². The Labute approximate surface area is 196 Å². The number of fused-ring (bicyclic) bond motifs is 1. The van der Waals surface area contributed by atoms with Crippen molar-refractivity contribution in [3.63, 3.8) is 0 Å². The monoisotopic (exact) mass is 460 g/mol. The summed E-state index contributed by atoms with van der Waals surface area (Å²) >= 11 is 0.